The van der Waals surface area contributed by atoms with Crippen molar-refractivity contribution in [2.45, 2.75) is 115 Å². The first-order valence-electron chi connectivity index (χ1n) is 11.0. The lowest BCUT2D eigenvalue weighted by Gasteiger charge is -2.51. The van der Waals surface area contributed by atoms with Crippen molar-refractivity contribution in [2.24, 2.45) is 45.3 Å². The second kappa shape index (κ2) is 7.55. The van der Waals surface area contributed by atoms with Crippen LogP contribution in [0.15, 0.2) is 0 Å². The van der Waals surface area contributed by atoms with Crippen molar-refractivity contribution in [1.82, 2.24) is 0 Å². The maximum absolute atomic E-state index is 2.40. The molecule has 2 saturated carbocycles. The topological polar surface area (TPSA) is 0 Å². The summed E-state index contributed by atoms with van der Waals surface area (Å²) in [5.74, 6) is 3.79. The Balaban J connectivity index is 0.000000251. The van der Waals surface area contributed by atoms with Gasteiger partial charge in [-0.05, 0) is 71.0 Å². The van der Waals surface area contributed by atoms with Crippen LogP contribution in [0.5, 0.6) is 0 Å². The lowest BCUT2D eigenvalue weighted by molar-refractivity contribution is -0.0163. The van der Waals surface area contributed by atoms with Gasteiger partial charge in [-0.3, -0.25) is 0 Å². The SMILES string of the molecule is CC(C)(C)C1CCC1C(C)(C)C.CC(C)(C)C1CCCC1C(C)(C)C. The molecule has 0 nitrogen and oxygen atoms in total. The van der Waals surface area contributed by atoms with Crippen molar-refractivity contribution in [3.05, 3.63) is 0 Å². The van der Waals surface area contributed by atoms with E-state index in [4.69, 9.17) is 0 Å². The van der Waals surface area contributed by atoms with Crippen LogP contribution in [0.3, 0.4) is 0 Å². The van der Waals surface area contributed by atoms with Crippen LogP contribution in [0.1, 0.15) is 115 Å². The fourth-order valence-corrected chi connectivity index (χ4v) is 5.61. The van der Waals surface area contributed by atoms with Crippen LogP contribution in [-0.2, 0) is 0 Å². The predicted octanol–water partition coefficient (Wildman–Crippen LogP) is 8.60. The normalized spacial score (nSPS) is 31.2. The van der Waals surface area contributed by atoms with Crippen molar-refractivity contribution >= 4 is 0 Å². The van der Waals surface area contributed by atoms with Crippen molar-refractivity contribution < 1.29 is 0 Å². The van der Waals surface area contributed by atoms with E-state index in [9.17, 15) is 0 Å². The third kappa shape index (κ3) is 6.28. The number of hydrogen-bond donors (Lipinski definition) is 0. The molecule has 0 bridgehead atoms. The summed E-state index contributed by atoms with van der Waals surface area (Å²) < 4.78 is 0. The first kappa shape index (κ1) is 23.0. The van der Waals surface area contributed by atoms with Gasteiger partial charge in [0.1, 0.15) is 0 Å². The van der Waals surface area contributed by atoms with Crippen LogP contribution in [0.25, 0.3) is 0 Å². The second-order valence-corrected chi connectivity index (χ2v) is 13.4. The van der Waals surface area contributed by atoms with Gasteiger partial charge in [-0.25, -0.2) is 0 Å². The highest BCUT2D eigenvalue weighted by molar-refractivity contribution is 4.94. The van der Waals surface area contributed by atoms with Gasteiger partial charge in [-0.15, -0.1) is 0 Å². The average Bonchev–Trinajstić information content (AvgIpc) is 2.69. The summed E-state index contributed by atoms with van der Waals surface area (Å²) in [7, 11) is 0. The van der Waals surface area contributed by atoms with Crippen molar-refractivity contribution in [2.75, 3.05) is 0 Å². The van der Waals surface area contributed by atoms with E-state index in [2.05, 4.69) is 83.1 Å². The third-order valence-electron chi connectivity index (χ3n) is 7.24. The summed E-state index contributed by atoms with van der Waals surface area (Å²) in [6, 6.07) is 0. The van der Waals surface area contributed by atoms with E-state index in [0.29, 0.717) is 21.7 Å². The van der Waals surface area contributed by atoms with Gasteiger partial charge in [-0.1, -0.05) is 89.5 Å². The number of hydrogen-bond acceptors (Lipinski definition) is 0. The Kier molecular flexibility index (Phi) is 6.96. The fourth-order valence-electron chi connectivity index (χ4n) is 5.61. The molecular weight excluding hydrogens is 300 g/mol. The average molecular weight is 351 g/mol. The zero-order valence-corrected chi connectivity index (χ0v) is 19.8. The highest BCUT2D eigenvalue weighted by atomic mass is 14.5. The summed E-state index contributed by atoms with van der Waals surface area (Å²) in [5.41, 5.74) is 2.06. The molecule has 0 heteroatoms. The molecule has 0 heterocycles. The van der Waals surface area contributed by atoms with Gasteiger partial charge in [0.25, 0.3) is 0 Å². The molecule has 0 amide bonds. The highest BCUT2D eigenvalue weighted by Gasteiger charge is 2.44. The lowest BCUT2D eigenvalue weighted by Crippen LogP contribution is -2.43. The van der Waals surface area contributed by atoms with E-state index >= 15 is 0 Å². The molecule has 0 N–H and O–H groups in total. The minimum atomic E-state index is 0.508. The van der Waals surface area contributed by atoms with E-state index in [1.54, 1.807) is 0 Å². The highest BCUT2D eigenvalue weighted by Crippen LogP contribution is 2.53. The summed E-state index contributed by atoms with van der Waals surface area (Å²) >= 11 is 0. The van der Waals surface area contributed by atoms with Crippen LogP contribution < -0.4 is 0 Å². The smallest absolute Gasteiger partial charge is 0.0332 e. The molecule has 4 atom stereocenters. The molecule has 2 rings (SSSR count). The van der Waals surface area contributed by atoms with Gasteiger partial charge in [0.15, 0.2) is 0 Å². The number of rotatable bonds is 0. The minimum Gasteiger partial charge on any atom is -0.0599 e. The van der Waals surface area contributed by atoms with E-state index in [0.717, 1.165) is 23.7 Å². The summed E-state index contributed by atoms with van der Waals surface area (Å²) in [5, 5.41) is 0. The molecule has 0 aromatic carbocycles. The Labute approximate surface area is 160 Å². The summed E-state index contributed by atoms with van der Waals surface area (Å²) in [6.07, 6.45) is 7.25. The Bertz CT molecular complexity index is 361. The Morgan fingerprint density at radius 3 is 0.720 bits per heavy atom. The molecule has 2 aliphatic rings. The maximum Gasteiger partial charge on any atom is -0.0332 e. The molecule has 0 aromatic heterocycles. The second-order valence-electron chi connectivity index (χ2n) is 13.4. The zero-order valence-electron chi connectivity index (χ0n) is 19.8. The lowest BCUT2D eigenvalue weighted by atomic mass is 9.54. The first-order chi connectivity index (χ1) is 11.0. The molecule has 25 heavy (non-hydrogen) atoms. The van der Waals surface area contributed by atoms with E-state index < -0.39 is 0 Å². The quantitative estimate of drug-likeness (QED) is 0.410. The van der Waals surface area contributed by atoms with Gasteiger partial charge >= 0.3 is 0 Å². The molecule has 0 spiro atoms. The molecule has 0 aromatic rings. The van der Waals surface area contributed by atoms with Crippen LogP contribution >= 0.6 is 0 Å². The molecular formula is C25H50. The molecule has 4 unspecified atom stereocenters. The molecule has 0 saturated heterocycles. The van der Waals surface area contributed by atoms with Crippen molar-refractivity contribution in [3.8, 4) is 0 Å². The minimum absolute atomic E-state index is 0.508. The monoisotopic (exact) mass is 350 g/mol. The van der Waals surface area contributed by atoms with Crippen molar-refractivity contribution in [1.29, 1.82) is 0 Å². The molecule has 150 valence electrons. The fraction of sp³-hybridized carbons (Fsp3) is 1.00. The van der Waals surface area contributed by atoms with E-state index in [-0.39, 0.29) is 0 Å². The van der Waals surface area contributed by atoms with Crippen LogP contribution in [0, 0.1) is 45.3 Å². The van der Waals surface area contributed by atoms with E-state index in [1.165, 1.54) is 32.1 Å². The molecule has 0 radical (unpaired) electrons. The van der Waals surface area contributed by atoms with Crippen LogP contribution in [-0.4, -0.2) is 0 Å². The molecule has 0 aliphatic heterocycles. The zero-order chi connectivity index (χ0) is 19.8. The van der Waals surface area contributed by atoms with Gasteiger partial charge in [0, 0.05) is 0 Å². The Hall–Kier alpha value is 0. The maximum atomic E-state index is 2.40. The largest absolute Gasteiger partial charge is 0.0599 e. The molecule has 2 aliphatic carbocycles. The first-order valence-corrected chi connectivity index (χ1v) is 11.0. The Morgan fingerprint density at radius 2 is 0.560 bits per heavy atom. The van der Waals surface area contributed by atoms with Crippen LogP contribution in [0.4, 0.5) is 0 Å². The summed E-state index contributed by atoms with van der Waals surface area (Å²) in [6.45, 7) is 28.7. The summed E-state index contributed by atoms with van der Waals surface area (Å²) in [4.78, 5) is 0. The standard InChI is InChI=1S/C13H26.C12H24/c1-12(2,3)10-8-7-9-11(10)13(4,5)6;1-11(2,3)9-7-8-10(9)12(4,5)6/h10-11H,7-9H2,1-6H3;9-10H,7-8H2,1-6H3. The van der Waals surface area contributed by atoms with Gasteiger partial charge in [0.2, 0.25) is 0 Å². The van der Waals surface area contributed by atoms with Crippen molar-refractivity contribution in [3.63, 3.8) is 0 Å². The predicted molar refractivity (Wildman–Crippen MR) is 115 cm³/mol. The van der Waals surface area contributed by atoms with Gasteiger partial charge in [0.05, 0.1) is 0 Å². The van der Waals surface area contributed by atoms with Gasteiger partial charge < -0.3 is 0 Å². The van der Waals surface area contributed by atoms with Gasteiger partial charge in [-0.2, -0.15) is 0 Å². The van der Waals surface area contributed by atoms with Crippen LogP contribution in [0.2, 0.25) is 0 Å². The molecule has 2 fully saturated rings. The van der Waals surface area contributed by atoms with E-state index in [1.807, 2.05) is 0 Å². The third-order valence-corrected chi connectivity index (χ3v) is 7.24. The Morgan fingerprint density at radius 1 is 0.360 bits per heavy atom.